The molecular weight excluding hydrogens is 497 g/mol. The number of benzene rings is 3. The summed E-state index contributed by atoms with van der Waals surface area (Å²) in [6.07, 6.45) is -0.602. The summed E-state index contributed by atoms with van der Waals surface area (Å²) >= 11 is 0. The van der Waals surface area contributed by atoms with E-state index in [4.69, 9.17) is 4.74 Å². The molecule has 3 aromatic carbocycles. The summed E-state index contributed by atoms with van der Waals surface area (Å²) in [5, 5.41) is 5.99. The minimum atomic E-state index is -5.21. The zero-order chi connectivity index (χ0) is 26.0. The Morgan fingerprint density at radius 1 is 1.05 bits per heavy atom. The summed E-state index contributed by atoms with van der Waals surface area (Å²) in [7, 11) is -5.21. The van der Waals surface area contributed by atoms with Crippen molar-refractivity contribution in [2.75, 3.05) is 37.7 Å². The Balaban J connectivity index is 1.29. The number of carbonyl (C=O) groups excluding carboxylic acids is 1. The van der Waals surface area contributed by atoms with Crippen LogP contribution in [0.3, 0.4) is 0 Å². The number of carbonyl (C=O) groups is 1. The highest BCUT2D eigenvalue weighted by Crippen LogP contribution is 2.44. The minimum Gasteiger partial charge on any atom is -0.449 e. The van der Waals surface area contributed by atoms with E-state index in [9.17, 15) is 17.1 Å². The Morgan fingerprint density at radius 3 is 2.30 bits per heavy atom. The largest absolute Gasteiger partial charge is 0.488 e. The van der Waals surface area contributed by atoms with Crippen LogP contribution in [0.1, 0.15) is 28.2 Å². The van der Waals surface area contributed by atoms with Crippen molar-refractivity contribution >= 4 is 22.3 Å². The number of halogens is 1. The normalized spacial score (nSPS) is 15.1. The van der Waals surface area contributed by atoms with Crippen molar-refractivity contribution in [2.45, 2.75) is 19.4 Å². The third-order valence-electron chi connectivity index (χ3n) is 6.89. The molecule has 0 bridgehead atoms. The smallest absolute Gasteiger partial charge is 0.449 e. The van der Waals surface area contributed by atoms with E-state index in [0.29, 0.717) is 29.9 Å². The molecule has 1 aliphatic carbocycles. The highest BCUT2D eigenvalue weighted by Gasteiger charge is 2.29. The predicted octanol–water partition coefficient (Wildman–Crippen LogP) is 4.04. The lowest BCUT2D eigenvalue weighted by molar-refractivity contribution is 0.142. The number of alkyl carbamates (subject to hydrolysis) is 1. The van der Waals surface area contributed by atoms with Crippen LogP contribution in [0.5, 0.6) is 5.75 Å². The molecule has 1 aliphatic heterocycles. The molecule has 37 heavy (non-hydrogen) atoms. The molecule has 2 N–H and O–H groups in total. The first-order valence-electron chi connectivity index (χ1n) is 12.1. The predicted molar refractivity (Wildman–Crippen MR) is 139 cm³/mol. The van der Waals surface area contributed by atoms with Gasteiger partial charge < -0.3 is 24.5 Å². The van der Waals surface area contributed by atoms with Crippen LogP contribution < -0.4 is 19.7 Å². The molecule has 1 amide bonds. The lowest BCUT2D eigenvalue weighted by atomic mass is 9.98. The number of ether oxygens (including phenoxy) is 1. The van der Waals surface area contributed by atoms with Gasteiger partial charge in [0.1, 0.15) is 6.61 Å². The Morgan fingerprint density at radius 2 is 1.68 bits per heavy atom. The summed E-state index contributed by atoms with van der Waals surface area (Å²) in [6.45, 7) is 4.78. The second-order valence-corrected chi connectivity index (χ2v) is 10.1. The molecule has 10 heteroatoms. The van der Waals surface area contributed by atoms with Gasteiger partial charge in [-0.05, 0) is 46.4 Å². The zero-order valence-corrected chi connectivity index (χ0v) is 21.2. The monoisotopic (exact) mass is 525 g/mol. The average molecular weight is 526 g/mol. The van der Waals surface area contributed by atoms with E-state index in [2.05, 4.69) is 26.9 Å². The second kappa shape index (κ2) is 10.4. The van der Waals surface area contributed by atoms with Gasteiger partial charge in [-0.25, -0.2) is 4.79 Å². The molecule has 1 saturated heterocycles. The number of rotatable bonds is 7. The maximum Gasteiger partial charge on any atom is 0.488 e. The van der Waals surface area contributed by atoms with E-state index in [1.807, 2.05) is 47.4 Å². The van der Waals surface area contributed by atoms with Gasteiger partial charge in [0, 0.05) is 50.4 Å². The number of anilines is 1. The second-order valence-electron chi connectivity index (χ2n) is 9.12. The van der Waals surface area contributed by atoms with Gasteiger partial charge in [0.25, 0.3) is 0 Å². The molecule has 2 aliphatic rings. The van der Waals surface area contributed by atoms with Crippen molar-refractivity contribution in [3.63, 3.8) is 0 Å². The Bertz CT molecular complexity index is 1380. The Hall–Kier alpha value is -3.63. The van der Waals surface area contributed by atoms with Gasteiger partial charge in [-0.3, -0.25) is 0 Å². The van der Waals surface area contributed by atoms with Crippen LogP contribution in [0.4, 0.5) is 14.4 Å². The van der Waals surface area contributed by atoms with Crippen LogP contribution >= 0.6 is 0 Å². The third-order valence-corrected chi connectivity index (χ3v) is 7.27. The van der Waals surface area contributed by atoms with Gasteiger partial charge in [0.15, 0.2) is 5.75 Å². The first-order valence-corrected chi connectivity index (χ1v) is 13.4. The molecule has 0 radical (unpaired) electrons. The van der Waals surface area contributed by atoms with Crippen molar-refractivity contribution in [3.8, 4) is 16.9 Å². The maximum atomic E-state index is 13.4. The topological polar surface area (TPSA) is 97.0 Å². The number of piperazine rings is 1. The number of fused-ring (bicyclic) bond motifs is 3. The fourth-order valence-corrected chi connectivity index (χ4v) is 5.42. The van der Waals surface area contributed by atoms with E-state index in [1.54, 1.807) is 6.92 Å². The third kappa shape index (κ3) is 5.55. The van der Waals surface area contributed by atoms with Crippen LogP contribution in [-0.2, 0) is 21.8 Å². The fraction of sp³-hybridized carbons (Fsp3) is 0.296. The van der Waals surface area contributed by atoms with E-state index in [0.717, 1.165) is 35.3 Å². The summed E-state index contributed by atoms with van der Waals surface area (Å²) in [5.41, 5.74) is 6.22. The summed E-state index contributed by atoms with van der Waals surface area (Å²) in [6, 6.07) is 19.5. The van der Waals surface area contributed by atoms with Gasteiger partial charge in [0.2, 0.25) is 0 Å². The van der Waals surface area contributed by atoms with E-state index >= 15 is 0 Å². The molecule has 8 nitrogen and oxygen atoms in total. The van der Waals surface area contributed by atoms with Gasteiger partial charge in [0.05, 0.1) is 0 Å². The molecule has 0 spiro atoms. The first kappa shape index (κ1) is 25.0. The summed E-state index contributed by atoms with van der Waals surface area (Å²) < 4.78 is 46.0. The van der Waals surface area contributed by atoms with Crippen LogP contribution in [0.15, 0.2) is 60.7 Å². The van der Waals surface area contributed by atoms with Gasteiger partial charge in [-0.2, -0.15) is 8.42 Å². The van der Waals surface area contributed by atoms with E-state index in [1.165, 1.54) is 6.07 Å². The molecule has 0 saturated carbocycles. The lowest BCUT2D eigenvalue weighted by Gasteiger charge is -2.30. The number of hydrogen-bond acceptors (Lipinski definition) is 7. The Labute approximate surface area is 215 Å². The van der Waals surface area contributed by atoms with Gasteiger partial charge >= 0.3 is 16.6 Å². The van der Waals surface area contributed by atoms with Crippen LogP contribution in [0.25, 0.3) is 11.1 Å². The molecule has 3 aromatic rings. The maximum absolute atomic E-state index is 13.4. The summed E-state index contributed by atoms with van der Waals surface area (Å²) in [5.74, 6) is -0.173. The van der Waals surface area contributed by atoms with Gasteiger partial charge in [-0.15, -0.1) is 0 Å². The summed E-state index contributed by atoms with van der Waals surface area (Å²) in [4.78, 5) is 14.7. The van der Waals surface area contributed by atoms with Gasteiger partial charge in [-0.1, -0.05) is 52.4 Å². The number of nitrogens with one attached hydrogen (secondary N) is 2. The standard InChI is InChI=1S/C27H28FN3O5S/c1-18-19(14-20(31-12-10-29-11-13-31)15-26(18)36-37(28,33)34)16-30-27(32)35-17-25-23-8-4-2-6-21(23)22-7-3-5-9-24(22)25/h2-9,14-15,25,29H,10-13,16-17H2,1H3,(H,30,32). The van der Waals surface area contributed by atoms with Crippen molar-refractivity contribution in [1.29, 1.82) is 0 Å². The number of amides is 1. The zero-order valence-electron chi connectivity index (χ0n) is 20.4. The Kier molecular flexibility index (Phi) is 7.03. The molecule has 1 fully saturated rings. The van der Waals surface area contributed by atoms with Crippen LogP contribution in [-0.4, -0.2) is 47.3 Å². The molecule has 1 heterocycles. The average Bonchev–Trinajstić information content (AvgIpc) is 3.21. The molecule has 194 valence electrons. The quantitative estimate of drug-likeness (QED) is 0.450. The molecular formula is C27H28FN3O5S. The van der Waals surface area contributed by atoms with Crippen molar-refractivity contribution in [3.05, 3.63) is 82.9 Å². The SMILES string of the molecule is Cc1c(CNC(=O)OCC2c3ccccc3-c3ccccc32)cc(N2CCNCC2)cc1OS(=O)(=O)F. The van der Waals surface area contributed by atoms with E-state index < -0.39 is 16.6 Å². The number of nitrogens with zero attached hydrogens (tertiary/aromatic N) is 1. The fourth-order valence-electron chi connectivity index (χ4n) is 5.03. The highest BCUT2D eigenvalue weighted by molar-refractivity contribution is 7.81. The number of hydrogen-bond donors (Lipinski definition) is 2. The molecule has 0 atom stereocenters. The molecule has 0 unspecified atom stereocenters. The van der Waals surface area contributed by atoms with Crippen molar-refractivity contribution in [2.24, 2.45) is 0 Å². The minimum absolute atomic E-state index is 0.0606. The molecule has 5 rings (SSSR count). The van der Waals surface area contributed by atoms with Crippen molar-refractivity contribution in [1.82, 2.24) is 10.6 Å². The van der Waals surface area contributed by atoms with Crippen molar-refractivity contribution < 1.29 is 26.0 Å². The molecule has 0 aromatic heterocycles. The van der Waals surface area contributed by atoms with Crippen LogP contribution in [0, 0.1) is 6.92 Å². The first-order chi connectivity index (χ1) is 17.8. The van der Waals surface area contributed by atoms with E-state index in [-0.39, 0.29) is 24.8 Å². The highest BCUT2D eigenvalue weighted by atomic mass is 32.3. The lowest BCUT2D eigenvalue weighted by Crippen LogP contribution is -2.43. The van der Waals surface area contributed by atoms with Crippen LogP contribution in [0.2, 0.25) is 0 Å².